The molecule has 134 valence electrons. The molecule has 0 spiro atoms. The van der Waals surface area contributed by atoms with E-state index in [9.17, 15) is 0 Å². The number of piperazine rings is 1. The largest absolute Gasteiger partial charge is 0.368 e. The second kappa shape index (κ2) is 7.83. The van der Waals surface area contributed by atoms with Crippen molar-refractivity contribution in [3.63, 3.8) is 0 Å². The molecule has 26 heavy (non-hydrogen) atoms. The van der Waals surface area contributed by atoms with E-state index in [4.69, 9.17) is 4.99 Å². The number of anilines is 1. The Balaban J connectivity index is 1.67. The van der Waals surface area contributed by atoms with Gasteiger partial charge in [0, 0.05) is 56.4 Å². The van der Waals surface area contributed by atoms with Gasteiger partial charge in [-0.05, 0) is 55.3 Å². The molecule has 1 saturated heterocycles. The minimum Gasteiger partial charge on any atom is -0.368 e. The Morgan fingerprint density at radius 3 is 2.65 bits per heavy atom. The Morgan fingerprint density at radius 1 is 1.00 bits per heavy atom. The van der Waals surface area contributed by atoms with Gasteiger partial charge >= 0.3 is 0 Å². The molecule has 1 aromatic carbocycles. The highest BCUT2D eigenvalue weighted by Gasteiger charge is 2.18. The fourth-order valence-electron chi connectivity index (χ4n) is 3.73. The molecule has 0 aliphatic carbocycles. The molecule has 0 N–H and O–H groups in total. The Morgan fingerprint density at radius 2 is 1.85 bits per heavy atom. The molecule has 1 aromatic heterocycles. The van der Waals surface area contributed by atoms with E-state index in [2.05, 4.69) is 58.2 Å². The number of hydrogen-bond acceptors (Lipinski definition) is 4. The number of likely N-dealkylation sites (N-methyl/N-ethyl adjacent to an activating group) is 1. The zero-order valence-electron chi connectivity index (χ0n) is 15.4. The van der Waals surface area contributed by atoms with Crippen LogP contribution in [-0.4, -0.2) is 55.4 Å². The van der Waals surface area contributed by atoms with Crippen LogP contribution in [0.5, 0.6) is 0 Å². The van der Waals surface area contributed by atoms with Crippen molar-refractivity contribution in [3.05, 3.63) is 65.5 Å². The number of aliphatic imine (C=N–C) groups is 1. The molecule has 0 saturated carbocycles. The zero-order valence-corrected chi connectivity index (χ0v) is 15.4. The highest BCUT2D eigenvalue weighted by atomic mass is 15.2. The van der Waals surface area contributed by atoms with Crippen molar-refractivity contribution >= 4 is 17.5 Å². The summed E-state index contributed by atoms with van der Waals surface area (Å²) in [4.78, 5) is 14.0. The van der Waals surface area contributed by atoms with Crippen LogP contribution in [0.15, 0.2) is 59.4 Å². The molecule has 2 aliphatic rings. The zero-order chi connectivity index (χ0) is 17.8. The summed E-state index contributed by atoms with van der Waals surface area (Å²) in [6.45, 7) is 5.31. The summed E-state index contributed by atoms with van der Waals surface area (Å²) in [5, 5.41) is 0. The maximum atomic E-state index is 4.82. The normalized spacial score (nSPS) is 20.3. The van der Waals surface area contributed by atoms with Gasteiger partial charge in [0.05, 0.1) is 5.71 Å². The number of para-hydroxylation sites is 1. The molecule has 2 aromatic rings. The summed E-state index contributed by atoms with van der Waals surface area (Å²) in [5.41, 5.74) is 6.19. The first kappa shape index (κ1) is 17.0. The molecule has 0 bridgehead atoms. The van der Waals surface area contributed by atoms with Crippen LogP contribution in [0.3, 0.4) is 0 Å². The number of aromatic nitrogens is 1. The van der Waals surface area contributed by atoms with Gasteiger partial charge in [0.2, 0.25) is 0 Å². The summed E-state index contributed by atoms with van der Waals surface area (Å²) in [6, 6.07) is 12.9. The first-order chi connectivity index (χ1) is 12.8. The lowest BCUT2D eigenvalue weighted by Gasteiger charge is -2.35. The summed E-state index contributed by atoms with van der Waals surface area (Å²) in [7, 11) is 2.20. The van der Waals surface area contributed by atoms with E-state index in [0.717, 1.165) is 56.8 Å². The van der Waals surface area contributed by atoms with E-state index in [1.54, 1.807) is 0 Å². The van der Waals surface area contributed by atoms with Crippen molar-refractivity contribution < 1.29 is 0 Å². The minimum atomic E-state index is 0.904. The van der Waals surface area contributed by atoms with Crippen molar-refractivity contribution in [2.45, 2.75) is 12.8 Å². The molecule has 0 amide bonds. The quantitative estimate of drug-likeness (QED) is 0.852. The molecule has 1 fully saturated rings. The van der Waals surface area contributed by atoms with Gasteiger partial charge in [-0.1, -0.05) is 18.2 Å². The summed E-state index contributed by atoms with van der Waals surface area (Å²) < 4.78 is 0. The van der Waals surface area contributed by atoms with E-state index in [-0.39, 0.29) is 0 Å². The predicted octanol–water partition coefficient (Wildman–Crippen LogP) is 3.50. The van der Waals surface area contributed by atoms with E-state index < -0.39 is 0 Å². The van der Waals surface area contributed by atoms with Crippen molar-refractivity contribution in [3.8, 4) is 0 Å². The third kappa shape index (κ3) is 3.70. The number of hydrogen-bond donors (Lipinski definition) is 0. The van der Waals surface area contributed by atoms with Gasteiger partial charge in [0.1, 0.15) is 0 Å². The van der Waals surface area contributed by atoms with Crippen LogP contribution in [0.25, 0.3) is 6.08 Å². The molecule has 3 heterocycles. The topological polar surface area (TPSA) is 31.7 Å². The van der Waals surface area contributed by atoms with Gasteiger partial charge in [-0.15, -0.1) is 0 Å². The summed E-state index contributed by atoms with van der Waals surface area (Å²) >= 11 is 0. The predicted molar refractivity (Wildman–Crippen MR) is 109 cm³/mol. The van der Waals surface area contributed by atoms with Crippen LogP contribution in [0, 0.1) is 0 Å². The lowest BCUT2D eigenvalue weighted by Crippen LogP contribution is -2.44. The molecule has 4 rings (SSSR count). The van der Waals surface area contributed by atoms with Gasteiger partial charge < -0.3 is 9.80 Å². The number of allylic oxidation sites excluding steroid dienone is 1. The van der Waals surface area contributed by atoms with Gasteiger partial charge in [-0.3, -0.25) is 9.98 Å². The molecule has 4 heteroatoms. The van der Waals surface area contributed by atoms with Crippen LogP contribution < -0.4 is 4.90 Å². The fraction of sp³-hybridized carbons (Fsp3) is 0.364. The second-order valence-electron chi connectivity index (χ2n) is 7.09. The van der Waals surface area contributed by atoms with Crippen LogP contribution in [0.1, 0.15) is 24.0 Å². The van der Waals surface area contributed by atoms with E-state index >= 15 is 0 Å². The minimum absolute atomic E-state index is 0.904. The molecule has 0 radical (unpaired) electrons. The fourth-order valence-corrected chi connectivity index (χ4v) is 3.73. The van der Waals surface area contributed by atoms with Crippen LogP contribution in [0.4, 0.5) is 5.69 Å². The molecule has 4 nitrogen and oxygen atoms in total. The van der Waals surface area contributed by atoms with Crippen molar-refractivity contribution in [2.24, 2.45) is 4.99 Å². The number of benzene rings is 1. The van der Waals surface area contributed by atoms with Gasteiger partial charge in [0.15, 0.2) is 0 Å². The van der Waals surface area contributed by atoms with Crippen molar-refractivity contribution in [1.29, 1.82) is 0 Å². The van der Waals surface area contributed by atoms with E-state index in [1.807, 2.05) is 18.5 Å². The summed E-state index contributed by atoms with van der Waals surface area (Å²) in [5.74, 6) is 0. The molecule has 2 aliphatic heterocycles. The number of pyridine rings is 1. The van der Waals surface area contributed by atoms with Gasteiger partial charge in [0.25, 0.3) is 0 Å². The summed E-state index contributed by atoms with van der Waals surface area (Å²) in [6.07, 6.45) is 8.28. The smallest absolute Gasteiger partial charge is 0.0694 e. The molecular formula is C22H26N4. The molecule has 0 atom stereocenters. The lowest BCUT2D eigenvalue weighted by molar-refractivity contribution is 0.313. The monoisotopic (exact) mass is 346 g/mol. The molecular weight excluding hydrogens is 320 g/mol. The number of rotatable bonds is 3. The van der Waals surface area contributed by atoms with Crippen molar-refractivity contribution in [2.75, 3.05) is 44.7 Å². The first-order valence-corrected chi connectivity index (χ1v) is 9.49. The first-order valence-electron chi connectivity index (χ1n) is 9.49. The van der Waals surface area contributed by atoms with Crippen LogP contribution in [-0.2, 0) is 0 Å². The third-order valence-corrected chi connectivity index (χ3v) is 5.22. The highest BCUT2D eigenvalue weighted by Crippen LogP contribution is 2.27. The Labute approximate surface area is 155 Å². The standard InChI is InChI=1S/C22H26N4/c1-25-12-14-26(15-13-25)21-9-3-2-6-18(21)16-19-7-5-11-24-22(19)20-8-4-10-23-17-20/h2-4,6,8-10,16-17H,5,7,11-15H2,1H3. The SMILES string of the molecule is CN1CCN(c2ccccc2C=C2CCCN=C2c2cccnc2)CC1. The number of nitrogens with zero attached hydrogens (tertiary/aromatic N) is 4. The Kier molecular flexibility index (Phi) is 5.12. The van der Waals surface area contributed by atoms with Gasteiger partial charge in [-0.25, -0.2) is 0 Å². The second-order valence-corrected chi connectivity index (χ2v) is 7.09. The average Bonchev–Trinajstić information content (AvgIpc) is 2.70. The van der Waals surface area contributed by atoms with Crippen molar-refractivity contribution in [1.82, 2.24) is 9.88 Å². The average molecular weight is 346 g/mol. The highest BCUT2D eigenvalue weighted by molar-refractivity contribution is 6.15. The van der Waals surface area contributed by atoms with Crippen LogP contribution >= 0.6 is 0 Å². The Bertz CT molecular complexity index is 802. The van der Waals surface area contributed by atoms with Crippen LogP contribution in [0.2, 0.25) is 0 Å². The van der Waals surface area contributed by atoms with E-state index in [0.29, 0.717) is 0 Å². The third-order valence-electron chi connectivity index (χ3n) is 5.22. The lowest BCUT2D eigenvalue weighted by atomic mass is 9.94. The maximum Gasteiger partial charge on any atom is 0.0694 e. The van der Waals surface area contributed by atoms with E-state index in [1.165, 1.54) is 16.8 Å². The molecule has 0 unspecified atom stereocenters. The van der Waals surface area contributed by atoms with Gasteiger partial charge in [-0.2, -0.15) is 0 Å². The maximum absolute atomic E-state index is 4.82. The Hall–Kier alpha value is -2.46.